The summed E-state index contributed by atoms with van der Waals surface area (Å²) in [6, 6.07) is 15.2. The molecular formula is C24H22ClN3O5. The lowest BCUT2D eigenvalue weighted by atomic mass is 10.1. The molecule has 1 saturated heterocycles. The van der Waals surface area contributed by atoms with Crippen molar-refractivity contribution in [1.29, 1.82) is 0 Å². The number of benzene rings is 2. The molecule has 2 heterocycles. The molecule has 1 atom stereocenters. The molecule has 2 aromatic carbocycles. The van der Waals surface area contributed by atoms with E-state index in [9.17, 15) is 14.4 Å². The van der Waals surface area contributed by atoms with Crippen LogP contribution in [0.2, 0.25) is 5.02 Å². The lowest BCUT2D eigenvalue weighted by Gasteiger charge is -2.20. The SMILES string of the molecule is CCOc1ccc(NC(=O)C[C@@H]2C(=O)N(c3ccc(Cl)cc3)C(=O)N2Cc2ccco2)cc1. The van der Waals surface area contributed by atoms with Crippen molar-refractivity contribution in [1.82, 2.24) is 4.90 Å². The van der Waals surface area contributed by atoms with Crippen LogP contribution in [0.3, 0.4) is 0 Å². The Morgan fingerprint density at radius 1 is 1.09 bits per heavy atom. The molecule has 4 amide bonds. The van der Waals surface area contributed by atoms with E-state index < -0.39 is 23.9 Å². The first-order valence-electron chi connectivity index (χ1n) is 10.4. The number of hydrogen-bond acceptors (Lipinski definition) is 5. The van der Waals surface area contributed by atoms with Crippen LogP contribution in [0.25, 0.3) is 0 Å². The van der Waals surface area contributed by atoms with Gasteiger partial charge in [0.15, 0.2) is 0 Å². The van der Waals surface area contributed by atoms with Gasteiger partial charge in [-0.3, -0.25) is 9.59 Å². The summed E-state index contributed by atoms with van der Waals surface area (Å²) >= 11 is 5.94. The van der Waals surface area contributed by atoms with Gasteiger partial charge in [-0.05, 0) is 67.6 Å². The van der Waals surface area contributed by atoms with Crippen LogP contribution in [0.15, 0.2) is 71.3 Å². The van der Waals surface area contributed by atoms with Crippen molar-refractivity contribution in [2.45, 2.75) is 25.9 Å². The van der Waals surface area contributed by atoms with Crippen molar-refractivity contribution >= 4 is 40.8 Å². The Morgan fingerprint density at radius 2 is 1.82 bits per heavy atom. The van der Waals surface area contributed by atoms with Crippen LogP contribution in [0.5, 0.6) is 5.75 Å². The van der Waals surface area contributed by atoms with E-state index >= 15 is 0 Å². The van der Waals surface area contributed by atoms with Gasteiger partial charge in [-0.15, -0.1) is 0 Å². The van der Waals surface area contributed by atoms with Gasteiger partial charge in [-0.25, -0.2) is 9.69 Å². The van der Waals surface area contributed by atoms with Gasteiger partial charge in [-0.1, -0.05) is 11.6 Å². The summed E-state index contributed by atoms with van der Waals surface area (Å²) in [5.41, 5.74) is 0.945. The van der Waals surface area contributed by atoms with Crippen molar-refractivity contribution in [3.63, 3.8) is 0 Å². The second-order valence-corrected chi connectivity index (χ2v) is 7.80. The molecule has 3 aromatic rings. The van der Waals surface area contributed by atoms with Gasteiger partial charge in [0, 0.05) is 10.7 Å². The van der Waals surface area contributed by atoms with Crippen LogP contribution in [-0.4, -0.2) is 35.4 Å². The molecule has 0 spiro atoms. The quantitative estimate of drug-likeness (QED) is 0.485. The van der Waals surface area contributed by atoms with E-state index in [4.69, 9.17) is 20.8 Å². The van der Waals surface area contributed by atoms with Gasteiger partial charge < -0.3 is 19.4 Å². The maximum atomic E-state index is 13.2. The number of furan rings is 1. The molecule has 0 unspecified atom stereocenters. The Morgan fingerprint density at radius 3 is 2.45 bits per heavy atom. The molecule has 0 saturated carbocycles. The number of carbonyl (C=O) groups is 3. The van der Waals surface area contributed by atoms with Gasteiger partial charge in [0.2, 0.25) is 5.91 Å². The van der Waals surface area contributed by atoms with Crippen molar-refractivity contribution in [3.8, 4) is 5.75 Å². The second kappa shape index (κ2) is 9.79. The highest BCUT2D eigenvalue weighted by Gasteiger charge is 2.47. The number of urea groups is 1. The Bertz CT molecular complexity index is 1130. The molecule has 1 N–H and O–H groups in total. The third kappa shape index (κ3) is 5.01. The first kappa shape index (κ1) is 22.4. The molecular weight excluding hydrogens is 446 g/mol. The van der Waals surface area contributed by atoms with E-state index in [1.165, 1.54) is 11.2 Å². The first-order valence-corrected chi connectivity index (χ1v) is 10.8. The largest absolute Gasteiger partial charge is 0.494 e. The highest BCUT2D eigenvalue weighted by atomic mass is 35.5. The molecule has 0 aliphatic carbocycles. The summed E-state index contributed by atoms with van der Waals surface area (Å²) in [4.78, 5) is 41.6. The monoisotopic (exact) mass is 467 g/mol. The van der Waals surface area contributed by atoms with Gasteiger partial charge in [0.1, 0.15) is 17.6 Å². The lowest BCUT2D eigenvalue weighted by molar-refractivity contribution is -0.124. The van der Waals surface area contributed by atoms with Crippen LogP contribution in [0, 0.1) is 0 Å². The fourth-order valence-corrected chi connectivity index (χ4v) is 3.73. The Hall–Kier alpha value is -3.78. The number of rotatable bonds is 8. The van der Waals surface area contributed by atoms with E-state index in [2.05, 4.69) is 5.32 Å². The smallest absolute Gasteiger partial charge is 0.332 e. The van der Waals surface area contributed by atoms with Gasteiger partial charge in [0.05, 0.1) is 31.5 Å². The van der Waals surface area contributed by atoms with Gasteiger partial charge in [0.25, 0.3) is 5.91 Å². The average molecular weight is 468 g/mol. The standard InChI is InChI=1S/C24H22ClN3O5/c1-2-32-19-11-7-17(8-12-19)26-22(29)14-21-23(30)28(18-9-5-16(25)6-10-18)24(31)27(21)15-20-4-3-13-33-20/h3-13,21H,2,14-15H2,1H3,(H,26,29)/t21-/m1/s1. The van der Waals surface area contributed by atoms with Crippen molar-refractivity contribution in [3.05, 3.63) is 77.7 Å². The highest BCUT2D eigenvalue weighted by Crippen LogP contribution is 2.29. The summed E-state index contributed by atoms with van der Waals surface area (Å²) in [7, 11) is 0. The number of anilines is 2. The number of nitrogens with zero attached hydrogens (tertiary/aromatic N) is 2. The minimum atomic E-state index is -0.985. The molecule has 1 fully saturated rings. The van der Waals surface area contributed by atoms with Crippen LogP contribution in [0.4, 0.5) is 16.2 Å². The van der Waals surface area contributed by atoms with Crippen LogP contribution in [0.1, 0.15) is 19.1 Å². The fraction of sp³-hybridized carbons (Fsp3) is 0.208. The van der Waals surface area contributed by atoms with Crippen molar-refractivity contribution in [2.24, 2.45) is 0 Å². The van der Waals surface area contributed by atoms with Crippen molar-refractivity contribution < 1.29 is 23.5 Å². The molecule has 0 radical (unpaired) electrons. The summed E-state index contributed by atoms with van der Waals surface area (Å²) in [6.07, 6.45) is 1.28. The zero-order valence-electron chi connectivity index (χ0n) is 17.9. The fourth-order valence-electron chi connectivity index (χ4n) is 3.60. The number of nitrogens with one attached hydrogen (secondary N) is 1. The molecule has 9 heteroatoms. The zero-order chi connectivity index (χ0) is 23.4. The minimum absolute atomic E-state index is 0.0582. The van der Waals surface area contributed by atoms with Crippen LogP contribution < -0.4 is 15.0 Å². The molecule has 1 aliphatic heterocycles. The Balaban J connectivity index is 1.53. The van der Waals surface area contributed by atoms with Crippen LogP contribution >= 0.6 is 11.6 Å². The summed E-state index contributed by atoms with van der Waals surface area (Å²) in [5.74, 6) is 0.310. The maximum absolute atomic E-state index is 13.2. The topological polar surface area (TPSA) is 92.1 Å². The number of imide groups is 1. The molecule has 170 valence electrons. The van der Waals surface area contributed by atoms with E-state index in [1.54, 1.807) is 60.7 Å². The van der Waals surface area contributed by atoms with E-state index in [0.717, 1.165) is 4.90 Å². The first-order chi connectivity index (χ1) is 16.0. The molecule has 8 nitrogen and oxygen atoms in total. The number of carbonyl (C=O) groups excluding carboxylic acids is 3. The predicted octanol–water partition coefficient (Wildman–Crippen LogP) is 4.70. The second-order valence-electron chi connectivity index (χ2n) is 7.37. The van der Waals surface area contributed by atoms with Gasteiger partial charge >= 0.3 is 6.03 Å². The highest BCUT2D eigenvalue weighted by molar-refractivity contribution is 6.30. The maximum Gasteiger partial charge on any atom is 0.332 e. The normalized spacial score (nSPS) is 15.8. The van der Waals surface area contributed by atoms with E-state index in [0.29, 0.717) is 34.5 Å². The number of halogens is 1. The Kier molecular flexibility index (Phi) is 6.65. The van der Waals surface area contributed by atoms with E-state index in [1.807, 2.05) is 6.92 Å². The molecule has 4 rings (SSSR count). The number of ether oxygens (including phenoxy) is 1. The minimum Gasteiger partial charge on any atom is -0.494 e. The molecule has 33 heavy (non-hydrogen) atoms. The predicted molar refractivity (Wildman–Crippen MR) is 123 cm³/mol. The molecule has 0 bridgehead atoms. The summed E-state index contributed by atoms with van der Waals surface area (Å²) in [5, 5.41) is 3.25. The number of amides is 4. The summed E-state index contributed by atoms with van der Waals surface area (Å²) < 4.78 is 10.8. The Labute approximate surface area is 195 Å². The third-order valence-electron chi connectivity index (χ3n) is 5.14. The third-order valence-corrected chi connectivity index (χ3v) is 5.39. The summed E-state index contributed by atoms with van der Waals surface area (Å²) in [6.45, 7) is 2.49. The molecule has 1 aromatic heterocycles. The van der Waals surface area contributed by atoms with Crippen molar-refractivity contribution in [2.75, 3.05) is 16.8 Å². The molecule has 1 aliphatic rings. The lowest BCUT2D eigenvalue weighted by Crippen LogP contribution is -2.37. The zero-order valence-corrected chi connectivity index (χ0v) is 18.6. The average Bonchev–Trinajstić information content (AvgIpc) is 3.39. The van der Waals surface area contributed by atoms with E-state index in [-0.39, 0.29) is 13.0 Å². The number of hydrogen-bond donors (Lipinski definition) is 1. The van der Waals surface area contributed by atoms with Crippen LogP contribution in [-0.2, 0) is 16.1 Å². The van der Waals surface area contributed by atoms with Gasteiger partial charge in [-0.2, -0.15) is 0 Å².